The van der Waals surface area contributed by atoms with Crippen LogP contribution in [0.25, 0.3) is 0 Å². The van der Waals surface area contributed by atoms with E-state index >= 15 is 0 Å². The van der Waals surface area contributed by atoms with Gasteiger partial charge in [0.05, 0.1) is 24.5 Å². The zero-order chi connectivity index (χ0) is 15.2. The van der Waals surface area contributed by atoms with Crippen molar-refractivity contribution in [1.29, 1.82) is 0 Å². The number of nitrogens with zero attached hydrogens (tertiary/aromatic N) is 2. The summed E-state index contributed by atoms with van der Waals surface area (Å²) in [7, 11) is 1.35. The summed E-state index contributed by atoms with van der Waals surface area (Å²) in [6.07, 6.45) is 2.65. The zero-order valence-electron chi connectivity index (χ0n) is 11.0. The quantitative estimate of drug-likeness (QED) is 0.514. The van der Waals surface area contributed by atoms with Crippen LogP contribution in [0.4, 0.5) is 5.69 Å². The Bertz CT molecular complexity index is 679. The van der Waals surface area contributed by atoms with Gasteiger partial charge in [-0.05, 0) is 24.3 Å². The van der Waals surface area contributed by atoms with Crippen LogP contribution in [0.3, 0.4) is 0 Å². The van der Waals surface area contributed by atoms with Crippen molar-refractivity contribution in [2.75, 3.05) is 7.11 Å². The molecule has 0 atom stereocenters. The van der Waals surface area contributed by atoms with Crippen molar-refractivity contribution in [2.24, 2.45) is 5.10 Å². The number of benzene rings is 1. The number of carbonyl (C=O) groups excluding carboxylic acids is 1. The lowest BCUT2D eigenvalue weighted by Crippen LogP contribution is -2.16. The van der Waals surface area contributed by atoms with Crippen LogP contribution < -0.4 is 10.2 Å². The minimum atomic E-state index is -0.558. The molecule has 0 radical (unpaired) electrons. The Morgan fingerprint density at radius 3 is 2.90 bits per heavy atom. The van der Waals surface area contributed by atoms with E-state index in [1.807, 2.05) is 0 Å². The Morgan fingerprint density at radius 2 is 2.29 bits per heavy atom. The highest BCUT2D eigenvalue weighted by molar-refractivity contribution is 5.92. The fourth-order valence-corrected chi connectivity index (χ4v) is 1.56. The molecule has 0 unspecified atom stereocenters. The molecule has 108 valence electrons. The van der Waals surface area contributed by atoms with E-state index < -0.39 is 10.8 Å². The summed E-state index contributed by atoms with van der Waals surface area (Å²) in [6.45, 7) is 0. The van der Waals surface area contributed by atoms with Crippen molar-refractivity contribution >= 4 is 17.8 Å². The summed E-state index contributed by atoms with van der Waals surface area (Å²) in [6, 6.07) is 7.39. The van der Waals surface area contributed by atoms with Crippen molar-refractivity contribution in [1.82, 2.24) is 5.43 Å². The van der Waals surface area contributed by atoms with Crippen LogP contribution in [0, 0.1) is 10.1 Å². The maximum atomic E-state index is 11.5. The number of nitro groups is 1. The molecule has 1 heterocycles. The predicted octanol–water partition coefficient (Wildman–Crippen LogP) is 1.96. The number of rotatable bonds is 5. The van der Waals surface area contributed by atoms with Gasteiger partial charge in [-0.3, -0.25) is 14.9 Å². The Balaban J connectivity index is 2.09. The van der Waals surface area contributed by atoms with E-state index in [2.05, 4.69) is 10.5 Å². The molecule has 0 bridgehead atoms. The molecule has 0 aliphatic heterocycles. The number of furan rings is 1. The fourth-order valence-electron chi connectivity index (χ4n) is 1.56. The third kappa shape index (κ3) is 3.44. The van der Waals surface area contributed by atoms with Crippen LogP contribution in [0.2, 0.25) is 0 Å². The summed E-state index contributed by atoms with van der Waals surface area (Å²) in [5, 5.41) is 14.6. The number of hydrogen-bond donors (Lipinski definition) is 1. The first-order valence-electron chi connectivity index (χ1n) is 5.81. The number of amides is 1. The summed E-state index contributed by atoms with van der Waals surface area (Å²) >= 11 is 0. The average Bonchev–Trinajstić information content (AvgIpc) is 3.01. The average molecular weight is 289 g/mol. The molecule has 2 aromatic rings. The first kappa shape index (κ1) is 14.3. The second kappa shape index (κ2) is 6.33. The normalized spacial score (nSPS) is 10.5. The highest BCUT2D eigenvalue weighted by Crippen LogP contribution is 2.26. The zero-order valence-corrected chi connectivity index (χ0v) is 11.0. The summed E-state index contributed by atoms with van der Waals surface area (Å²) in [4.78, 5) is 21.8. The molecular formula is C13H11N3O5. The van der Waals surface area contributed by atoms with Gasteiger partial charge in [0.1, 0.15) is 0 Å². The van der Waals surface area contributed by atoms with Gasteiger partial charge in [-0.15, -0.1) is 0 Å². The van der Waals surface area contributed by atoms with Gasteiger partial charge in [-0.1, -0.05) is 0 Å². The molecule has 0 aliphatic rings. The molecule has 8 heteroatoms. The molecule has 0 saturated heterocycles. The first-order valence-corrected chi connectivity index (χ1v) is 5.81. The lowest BCUT2D eigenvalue weighted by Gasteiger charge is -2.01. The van der Waals surface area contributed by atoms with E-state index in [-0.39, 0.29) is 17.2 Å². The first-order chi connectivity index (χ1) is 10.1. The third-order valence-electron chi connectivity index (χ3n) is 2.52. The summed E-state index contributed by atoms with van der Waals surface area (Å²) in [5.74, 6) is -0.246. The van der Waals surface area contributed by atoms with Gasteiger partial charge in [0, 0.05) is 11.6 Å². The van der Waals surface area contributed by atoms with Gasteiger partial charge in [0.2, 0.25) is 0 Å². The Morgan fingerprint density at radius 1 is 1.48 bits per heavy atom. The van der Waals surface area contributed by atoms with Crippen LogP contribution in [-0.4, -0.2) is 24.2 Å². The van der Waals surface area contributed by atoms with E-state index in [0.29, 0.717) is 5.56 Å². The molecule has 1 amide bonds. The molecule has 1 N–H and O–H groups in total. The molecule has 2 rings (SSSR count). The van der Waals surface area contributed by atoms with E-state index in [4.69, 9.17) is 9.15 Å². The van der Waals surface area contributed by atoms with Crippen molar-refractivity contribution in [3.8, 4) is 5.75 Å². The number of methoxy groups -OCH3 is 1. The van der Waals surface area contributed by atoms with Crippen LogP contribution in [0.5, 0.6) is 5.75 Å². The highest BCUT2D eigenvalue weighted by atomic mass is 16.6. The van der Waals surface area contributed by atoms with Gasteiger partial charge in [0.15, 0.2) is 11.5 Å². The number of ether oxygens (including phenoxy) is 1. The summed E-state index contributed by atoms with van der Waals surface area (Å²) < 4.78 is 9.77. The standard InChI is InChI=1S/C13H11N3O5/c1-20-11-5-4-9(7-10(11)16(18)19)8-14-15-13(17)12-3-2-6-21-12/h2-8H,1H3,(H,15,17)/b14-8+. The molecule has 8 nitrogen and oxygen atoms in total. The number of nitrogens with one attached hydrogen (secondary N) is 1. The highest BCUT2D eigenvalue weighted by Gasteiger charge is 2.14. The van der Waals surface area contributed by atoms with Crippen LogP contribution in [0.15, 0.2) is 46.1 Å². The third-order valence-corrected chi connectivity index (χ3v) is 2.52. The number of carbonyl (C=O) groups is 1. The Kier molecular flexibility index (Phi) is 4.30. The SMILES string of the molecule is COc1ccc(/C=N/NC(=O)c2ccco2)cc1[N+](=O)[O-]. The topological polar surface area (TPSA) is 107 Å². The second-order valence-electron chi connectivity index (χ2n) is 3.86. The molecule has 1 aromatic heterocycles. The largest absolute Gasteiger partial charge is 0.490 e. The number of hydrogen-bond acceptors (Lipinski definition) is 6. The molecule has 21 heavy (non-hydrogen) atoms. The van der Waals surface area contributed by atoms with Gasteiger partial charge in [-0.2, -0.15) is 5.10 Å². The van der Waals surface area contributed by atoms with Gasteiger partial charge >= 0.3 is 11.6 Å². The maximum Gasteiger partial charge on any atom is 0.311 e. The molecule has 0 fully saturated rings. The van der Waals surface area contributed by atoms with Crippen molar-refractivity contribution in [3.63, 3.8) is 0 Å². The van der Waals surface area contributed by atoms with E-state index in [1.54, 1.807) is 12.1 Å². The molecule has 0 spiro atoms. The Labute approximate surface area is 119 Å². The fraction of sp³-hybridized carbons (Fsp3) is 0.0769. The predicted molar refractivity (Wildman–Crippen MR) is 73.4 cm³/mol. The van der Waals surface area contributed by atoms with Crippen molar-refractivity contribution in [2.45, 2.75) is 0 Å². The van der Waals surface area contributed by atoms with E-state index in [9.17, 15) is 14.9 Å². The van der Waals surface area contributed by atoms with E-state index in [1.165, 1.54) is 37.8 Å². The van der Waals surface area contributed by atoms with Gasteiger partial charge in [0.25, 0.3) is 0 Å². The van der Waals surface area contributed by atoms with Crippen molar-refractivity contribution in [3.05, 3.63) is 58.0 Å². The monoisotopic (exact) mass is 289 g/mol. The maximum absolute atomic E-state index is 11.5. The molecular weight excluding hydrogens is 278 g/mol. The van der Waals surface area contributed by atoms with Gasteiger partial charge < -0.3 is 9.15 Å². The molecule has 1 aromatic carbocycles. The lowest BCUT2D eigenvalue weighted by molar-refractivity contribution is -0.385. The minimum Gasteiger partial charge on any atom is -0.490 e. The van der Waals surface area contributed by atoms with Gasteiger partial charge in [-0.25, -0.2) is 5.43 Å². The van der Waals surface area contributed by atoms with Crippen molar-refractivity contribution < 1.29 is 18.9 Å². The minimum absolute atomic E-state index is 0.118. The van der Waals surface area contributed by atoms with Crippen LogP contribution in [-0.2, 0) is 0 Å². The lowest BCUT2D eigenvalue weighted by atomic mass is 10.2. The second-order valence-corrected chi connectivity index (χ2v) is 3.86. The molecule has 0 aliphatic carbocycles. The van der Waals surface area contributed by atoms with Crippen LogP contribution in [0.1, 0.15) is 16.1 Å². The number of nitro benzene ring substituents is 1. The summed E-state index contributed by atoms with van der Waals surface area (Å²) in [5.41, 5.74) is 2.51. The number of hydrazone groups is 1. The molecule has 0 saturated carbocycles. The van der Waals surface area contributed by atoms with E-state index in [0.717, 1.165) is 0 Å². The Hall–Kier alpha value is -3.16. The van der Waals surface area contributed by atoms with Crippen LogP contribution >= 0.6 is 0 Å². The smallest absolute Gasteiger partial charge is 0.311 e.